The molecule has 27 heavy (non-hydrogen) atoms. The molecule has 0 saturated heterocycles. The first-order chi connectivity index (χ1) is 13.0. The third-order valence-electron chi connectivity index (χ3n) is 4.40. The Morgan fingerprint density at radius 2 is 1.89 bits per heavy atom. The lowest BCUT2D eigenvalue weighted by atomic mass is 10.1. The van der Waals surface area contributed by atoms with Crippen molar-refractivity contribution in [2.45, 2.75) is 20.3 Å². The summed E-state index contributed by atoms with van der Waals surface area (Å²) in [7, 11) is 3.17. The quantitative estimate of drug-likeness (QED) is 0.675. The van der Waals surface area contributed by atoms with Gasteiger partial charge in [-0.2, -0.15) is 0 Å². The molecule has 5 nitrogen and oxygen atoms in total. The van der Waals surface area contributed by atoms with Crippen molar-refractivity contribution in [3.05, 3.63) is 58.5 Å². The average Bonchev–Trinajstić information content (AvgIpc) is 3.12. The van der Waals surface area contributed by atoms with Crippen molar-refractivity contribution in [3.63, 3.8) is 0 Å². The van der Waals surface area contributed by atoms with Crippen molar-refractivity contribution in [1.29, 1.82) is 0 Å². The first kappa shape index (κ1) is 18.9. The van der Waals surface area contributed by atoms with E-state index in [1.807, 2.05) is 23.6 Å². The van der Waals surface area contributed by atoms with Gasteiger partial charge >= 0.3 is 0 Å². The molecule has 0 aliphatic carbocycles. The van der Waals surface area contributed by atoms with E-state index < -0.39 is 0 Å². The molecule has 1 aromatic heterocycles. The minimum Gasteiger partial charge on any atom is -0.497 e. The van der Waals surface area contributed by atoms with Gasteiger partial charge in [0, 0.05) is 22.6 Å². The maximum atomic E-state index is 12.4. The minimum atomic E-state index is -0.139. The molecule has 1 heterocycles. The molecule has 0 radical (unpaired) electrons. The van der Waals surface area contributed by atoms with Crippen LogP contribution in [0.5, 0.6) is 11.5 Å². The Hall–Kier alpha value is -2.86. The molecule has 0 atom stereocenters. The van der Waals surface area contributed by atoms with Gasteiger partial charge in [-0.3, -0.25) is 4.79 Å². The first-order valence-corrected chi connectivity index (χ1v) is 9.42. The zero-order chi connectivity index (χ0) is 19.4. The number of methoxy groups -OCH3 is 2. The van der Waals surface area contributed by atoms with Crippen molar-refractivity contribution in [1.82, 2.24) is 4.98 Å². The molecule has 0 spiro atoms. The van der Waals surface area contributed by atoms with Crippen LogP contribution in [0.15, 0.2) is 41.8 Å². The topological polar surface area (TPSA) is 60.5 Å². The largest absolute Gasteiger partial charge is 0.497 e. The van der Waals surface area contributed by atoms with Gasteiger partial charge in [0.15, 0.2) is 5.13 Å². The molecule has 0 bridgehead atoms. The number of carbonyl (C=O) groups is 1. The zero-order valence-electron chi connectivity index (χ0n) is 15.8. The minimum absolute atomic E-state index is 0.139. The molecule has 3 aromatic rings. The van der Waals surface area contributed by atoms with E-state index in [0.29, 0.717) is 16.6 Å². The number of aryl methyl sites for hydroxylation is 2. The molecule has 6 heteroatoms. The van der Waals surface area contributed by atoms with E-state index in [0.717, 1.165) is 16.8 Å². The van der Waals surface area contributed by atoms with Gasteiger partial charge in [0.2, 0.25) is 5.91 Å². The molecular formula is C21H22N2O3S. The number of nitrogens with one attached hydrogen (secondary N) is 1. The lowest BCUT2D eigenvalue weighted by Crippen LogP contribution is -2.14. The van der Waals surface area contributed by atoms with Crippen LogP contribution in [-0.4, -0.2) is 25.1 Å². The van der Waals surface area contributed by atoms with E-state index in [2.05, 4.69) is 36.3 Å². The highest BCUT2D eigenvalue weighted by Crippen LogP contribution is 2.28. The maximum Gasteiger partial charge on any atom is 0.230 e. The molecule has 1 amide bonds. The average molecular weight is 382 g/mol. The summed E-state index contributed by atoms with van der Waals surface area (Å²) in [5, 5.41) is 5.40. The van der Waals surface area contributed by atoms with E-state index in [1.54, 1.807) is 20.3 Å². The Balaban J connectivity index is 1.70. The summed E-state index contributed by atoms with van der Waals surface area (Å²) in [4.78, 5) is 17.0. The number of nitrogens with zero attached hydrogens (tertiary/aromatic N) is 1. The van der Waals surface area contributed by atoms with Crippen LogP contribution < -0.4 is 14.8 Å². The van der Waals surface area contributed by atoms with Gasteiger partial charge < -0.3 is 14.8 Å². The number of anilines is 1. The summed E-state index contributed by atoms with van der Waals surface area (Å²) in [6.45, 7) is 4.16. The van der Waals surface area contributed by atoms with Gasteiger partial charge in [-0.25, -0.2) is 4.98 Å². The number of rotatable bonds is 6. The Morgan fingerprint density at radius 3 is 2.59 bits per heavy atom. The van der Waals surface area contributed by atoms with Crippen molar-refractivity contribution in [3.8, 4) is 22.8 Å². The molecule has 0 aliphatic heterocycles. The summed E-state index contributed by atoms with van der Waals surface area (Å²) < 4.78 is 10.5. The monoisotopic (exact) mass is 382 g/mol. The van der Waals surface area contributed by atoms with Gasteiger partial charge in [-0.05, 0) is 37.1 Å². The predicted octanol–water partition coefficient (Wildman–Crippen LogP) is 4.63. The Bertz CT molecular complexity index is 966. The van der Waals surface area contributed by atoms with Crippen molar-refractivity contribution < 1.29 is 14.3 Å². The molecule has 0 aliphatic rings. The van der Waals surface area contributed by atoms with Gasteiger partial charge in [0.1, 0.15) is 11.5 Å². The molecule has 140 valence electrons. The second kappa shape index (κ2) is 8.22. The molecule has 0 saturated carbocycles. The Labute approximate surface area is 163 Å². The van der Waals surface area contributed by atoms with E-state index in [-0.39, 0.29) is 12.3 Å². The van der Waals surface area contributed by atoms with Crippen LogP contribution in [0.4, 0.5) is 5.13 Å². The van der Waals surface area contributed by atoms with E-state index >= 15 is 0 Å². The van der Waals surface area contributed by atoms with Crippen LogP contribution in [0.2, 0.25) is 0 Å². The number of amides is 1. The molecule has 3 rings (SSSR count). The van der Waals surface area contributed by atoms with Gasteiger partial charge in [0.25, 0.3) is 0 Å². The number of benzene rings is 2. The van der Waals surface area contributed by atoms with Crippen LogP contribution in [0.25, 0.3) is 11.3 Å². The van der Waals surface area contributed by atoms with Crippen molar-refractivity contribution >= 4 is 22.4 Å². The second-order valence-electron chi connectivity index (χ2n) is 6.24. The lowest BCUT2D eigenvalue weighted by molar-refractivity contribution is -0.115. The van der Waals surface area contributed by atoms with Crippen molar-refractivity contribution in [2.24, 2.45) is 0 Å². The summed E-state index contributed by atoms with van der Waals surface area (Å²) in [5.74, 6) is 1.17. The zero-order valence-corrected chi connectivity index (χ0v) is 16.6. The molecule has 0 fully saturated rings. The van der Waals surface area contributed by atoms with E-state index in [9.17, 15) is 4.79 Å². The number of thiazole rings is 1. The molecular weight excluding hydrogens is 360 g/mol. The Kier molecular flexibility index (Phi) is 5.76. The standard InChI is InChI=1S/C21H22N2O3S/c1-13-5-6-15(9-14(13)2)18-12-27-21(22-18)23-20(24)10-16-7-8-17(25-3)11-19(16)26-4/h5-9,11-12H,10H2,1-4H3,(H,22,23,24). The highest BCUT2D eigenvalue weighted by Gasteiger charge is 2.13. The summed E-state index contributed by atoms with van der Waals surface area (Å²) in [6, 6.07) is 11.7. The number of aromatic nitrogens is 1. The fourth-order valence-corrected chi connectivity index (χ4v) is 3.43. The number of hydrogen-bond acceptors (Lipinski definition) is 5. The van der Waals surface area contributed by atoms with Gasteiger partial charge in [-0.15, -0.1) is 11.3 Å². The normalized spacial score (nSPS) is 10.5. The second-order valence-corrected chi connectivity index (χ2v) is 7.10. The maximum absolute atomic E-state index is 12.4. The predicted molar refractivity (Wildman–Crippen MR) is 109 cm³/mol. The van der Waals surface area contributed by atoms with E-state index in [4.69, 9.17) is 9.47 Å². The van der Waals surface area contributed by atoms with Crippen LogP contribution in [-0.2, 0) is 11.2 Å². The number of ether oxygens (including phenoxy) is 2. The summed E-state index contributed by atoms with van der Waals surface area (Å²) >= 11 is 1.42. The summed E-state index contributed by atoms with van der Waals surface area (Å²) in [6.07, 6.45) is 0.200. The van der Waals surface area contributed by atoms with Gasteiger partial charge in [0.05, 0.1) is 26.3 Å². The van der Waals surface area contributed by atoms with Crippen LogP contribution >= 0.6 is 11.3 Å². The van der Waals surface area contributed by atoms with Crippen LogP contribution in [0.3, 0.4) is 0 Å². The number of carbonyl (C=O) groups excluding carboxylic acids is 1. The van der Waals surface area contributed by atoms with Crippen LogP contribution in [0.1, 0.15) is 16.7 Å². The third-order valence-corrected chi connectivity index (χ3v) is 5.16. The Morgan fingerprint density at radius 1 is 1.07 bits per heavy atom. The highest BCUT2D eigenvalue weighted by atomic mass is 32.1. The number of hydrogen-bond donors (Lipinski definition) is 1. The lowest BCUT2D eigenvalue weighted by Gasteiger charge is -2.10. The SMILES string of the molecule is COc1ccc(CC(=O)Nc2nc(-c3ccc(C)c(C)c3)cs2)c(OC)c1. The van der Waals surface area contributed by atoms with Crippen LogP contribution in [0, 0.1) is 13.8 Å². The van der Waals surface area contributed by atoms with E-state index in [1.165, 1.54) is 22.5 Å². The van der Waals surface area contributed by atoms with Crippen molar-refractivity contribution in [2.75, 3.05) is 19.5 Å². The smallest absolute Gasteiger partial charge is 0.230 e. The van der Waals surface area contributed by atoms with Gasteiger partial charge in [-0.1, -0.05) is 18.2 Å². The molecule has 0 unspecified atom stereocenters. The fraction of sp³-hybridized carbons (Fsp3) is 0.238. The molecule has 2 aromatic carbocycles. The molecule has 1 N–H and O–H groups in total. The summed E-state index contributed by atoms with van der Waals surface area (Å²) in [5.41, 5.74) is 5.17. The fourth-order valence-electron chi connectivity index (χ4n) is 2.70. The highest BCUT2D eigenvalue weighted by molar-refractivity contribution is 7.14. The first-order valence-electron chi connectivity index (χ1n) is 8.54. The third kappa shape index (κ3) is 4.46.